The van der Waals surface area contributed by atoms with Crippen molar-refractivity contribution in [2.75, 3.05) is 13.6 Å². The number of ether oxygens (including phenoxy) is 1. The smallest absolute Gasteiger partial charge is 0.410 e. The fourth-order valence-corrected chi connectivity index (χ4v) is 1.15. The van der Waals surface area contributed by atoms with Gasteiger partial charge in [0.2, 0.25) is 0 Å². The van der Waals surface area contributed by atoms with Gasteiger partial charge in [-0.1, -0.05) is 12.1 Å². The number of rotatable bonds is 3. The van der Waals surface area contributed by atoms with Crippen molar-refractivity contribution in [3.63, 3.8) is 0 Å². The maximum atomic E-state index is 11.5. The molecule has 0 fully saturated rings. The van der Waals surface area contributed by atoms with E-state index in [9.17, 15) is 9.90 Å². The van der Waals surface area contributed by atoms with Gasteiger partial charge in [0, 0.05) is 13.6 Å². The fourth-order valence-electron chi connectivity index (χ4n) is 1.15. The lowest BCUT2D eigenvalue weighted by molar-refractivity contribution is 0.164. The standard InChI is InChI=1S/C12H17NO3/c1-4-13(3)12(15)16-11-7-5-6-10(8-11)9(2)14/h5-9,14H,4H2,1-3H3/t9-/m0/s1. The molecule has 0 aromatic heterocycles. The average Bonchev–Trinajstić information content (AvgIpc) is 2.28. The molecule has 88 valence electrons. The Morgan fingerprint density at radius 1 is 1.56 bits per heavy atom. The number of amides is 1. The Balaban J connectivity index is 2.74. The molecule has 1 amide bonds. The summed E-state index contributed by atoms with van der Waals surface area (Å²) >= 11 is 0. The average molecular weight is 223 g/mol. The summed E-state index contributed by atoms with van der Waals surface area (Å²) in [5, 5.41) is 9.39. The van der Waals surface area contributed by atoms with Crippen LogP contribution in [0.1, 0.15) is 25.5 Å². The molecule has 1 rings (SSSR count). The monoisotopic (exact) mass is 223 g/mol. The zero-order chi connectivity index (χ0) is 12.1. The molecule has 16 heavy (non-hydrogen) atoms. The van der Waals surface area contributed by atoms with E-state index < -0.39 is 12.2 Å². The van der Waals surface area contributed by atoms with E-state index >= 15 is 0 Å². The van der Waals surface area contributed by atoms with Gasteiger partial charge in [-0.25, -0.2) is 4.79 Å². The molecule has 4 heteroatoms. The minimum atomic E-state index is -0.567. The first-order chi connectivity index (χ1) is 7.54. The molecular formula is C12H17NO3. The summed E-state index contributed by atoms with van der Waals surface area (Å²) in [7, 11) is 1.67. The molecule has 1 N–H and O–H groups in total. The summed E-state index contributed by atoms with van der Waals surface area (Å²) in [6.45, 7) is 4.13. The van der Waals surface area contributed by atoms with Gasteiger partial charge in [-0.3, -0.25) is 0 Å². The van der Waals surface area contributed by atoms with Crippen molar-refractivity contribution in [3.8, 4) is 5.75 Å². The number of hydrogen-bond acceptors (Lipinski definition) is 3. The van der Waals surface area contributed by atoms with Gasteiger partial charge in [-0.2, -0.15) is 0 Å². The predicted molar refractivity (Wildman–Crippen MR) is 61.4 cm³/mol. The highest BCUT2D eigenvalue weighted by atomic mass is 16.6. The van der Waals surface area contributed by atoms with Crippen molar-refractivity contribution in [1.29, 1.82) is 0 Å². The zero-order valence-electron chi connectivity index (χ0n) is 9.80. The van der Waals surface area contributed by atoms with Crippen LogP contribution in [-0.4, -0.2) is 29.7 Å². The van der Waals surface area contributed by atoms with Crippen LogP contribution in [0.15, 0.2) is 24.3 Å². The second-order valence-electron chi connectivity index (χ2n) is 3.63. The molecule has 0 saturated heterocycles. The highest BCUT2D eigenvalue weighted by Gasteiger charge is 2.10. The van der Waals surface area contributed by atoms with Crippen LogP contribution in [0.5, 0.6) is 5.75 Å². The highest BCUT2D eigenvalue weighted by Crippen LogP contribution is 2.19. The molecule has 0 spiro atoms. The number of hydrogen-bond donors (Lipinski definition) is 1. The largest absolute Gasteiger partial charge is 0.414 e. The summed E-state index contributed by atoms with van der Waals surface area (Å²) < 4.78 is 5.13. The Labute approximate surface area is 95.5 Å². The van der Waals surface area contributed by atoms with Gasteiger partial charge < -0.3 is 14.7 Å². The molecule has 1 atom stereocenters. The van der Waals surface area contributed by atoms with Crippen LogP contribution in [0.3, 0.4) is 0 Å². The molecule has 1 aromatic rings. The number of carbonyl (C=O) groups is 1. The summed E-state index contributed by atoms with van der Waals surface area (Å²) in [4.78, 5) is 12.9. The minimum Gasteiger partial charge on any atom is -0.410 e. The number of aliphatic hydroxyl groups is 1. The van der Waals surface area contributed by atoms with Gasteiger partial charge in [0.05, 0.1) is 6.10 Å². The van der Waals surface area contributed by atoms with Crippen LogP contribution in [0.4, 0.5) is 4.79 Å². The molecule has 4 nitrogen and oxygen atoms in total. The van der Waals surface area contributed by atoms with Gasteiger partial charge in [-0.15, -0.1) is 0 Å². The topological polar surface area (TPSA) is 49.8 Å². The van der Waals surface area contributed by atoms with Crippen LogP contribution in [-0.2, 0) is 0 Å². The van der Waals surface area contributed by atoms with E-state index in [1.54, 1.807) is 38.2 Å². The second-order valence-corrected chi connectivity index (χ2v) is 3.63. The van der Waals surface area contributed by atoms with E-state index in [2.05, 4.69) is 0 Å². The normalized spacial score (nSPS) is 12.0. The van der Waals surface area contributed by atoms with E-state index in [0.29, 0.717) is 12.3 Å². The van der Waals surface area contributed by atoms with Crippen molar-refractivity contribution >= 4 is 6.09 Å². The third-order valence-electron chi connectivity index (χ3n) is 2.33. The first kappa shape index (κ1) is 12.5. The van der Waals surface area contributed by atoms with E-state index in [-0.39, 0.29) is 0 Å². The van der Waals surface area contributed by atoms with Crippen molar-refractivity contribution in [1.82, 2.24) is 4.90 Å². The van der Waals surface area contributed by atoms with Gasteiger partial charge in [-0.05, 0) is 31.5 Å². The van der Waals surface area contributed by atoms with E-state index in [0.717, 1.165) is 5.56 Å². The highest BCUT2D eigenvalue weighted by molar-refractivity contribution is 5.70. The fraction of sp³-hybridized carbons (Fsp3) is 0.417. The molecule has 0 aliphatic rings. The van der Waals surface area contributed by atoms with Crippen molar-refractivity contribution in [3.05, 3.63) is 29.8 Å². The molecule has 0 saturated carbocycles. The van der Waals surface area contributed by atoms with Crippen LogP contribution < -0.4 is 4.74 Å². The quantitative estimate of drug-likeness (QED) is 0.854. The second kappa shape index (κ2) is 5.51. The number of nitrogens with zero attached hydrogens (tertiary/aromatic N) is 1. The molecule has 0 radical (unpaired) electrons. The Kier molecular flexibility index (Phi) is 4.31. The third kappa shape index (κ3) is 3.24. The molecule has 1 aromatic carbocycles. The van der Waals surface area contributed by atoms with Crippen molar-refractivity contribution < 1.29 is 14.6 Å². The van der Waals surface area contributed by atoms with E-state index in [1.165, 1.54) is 4.90 Å². The van der Waals surface area contributed by atoms with E-state index in [1.807, 2.05) is 6.92 Å². The molecule has 0 heterocycles. The molecule has 0 aliphatic heterocycles. The third-order valence-corrected chi connectivity index (χ3v) is 2.33. The van der Waals surface area contributed by atoms with Gasteiger partial charge in [0.25, 0.3) is 0 Å². The Hall–Kier alpha value is -1.55. The summed E-state index contributed by atoms with van der Waals surface area (Å²) in [6, 6.07) is 6.88. The Morgan fingerprint density at radius 3 is 2.81 bits per heavy atom. The van der Waals surface area contributed by atoms with Crippen LogP contribution in [0.25, 0.3) is 0 Å². The first-order valence-corrected chi connectivity index (χ1v) is 5.25. The van der Waals surface area contributed by atoms with E-state index in [4.69, 9.17) is 4.74 Å². The maximum Gasteiger partial charge on any atom is 0.414 e. The Bertz CT molecular complexity index is 363. The SMILES string of the molecule is CCN(C)C(=O)Oc1cccc([C@H](C)O)c1. The van der Waals surface area contributed by atoms with Gasteiger partial charge >= 0.3 is 6.09 Å². The van der Waals surface area contributed by atoms with Gasteiger partial charge in [0.1, 0.15) is 5.75 Å². The molecule has 0 aliphatic carbocycles. The number of aliphatic hydroxyl groups excluding tert-OH is 1. The number of carbonyl (C=O) groups excluding carboxylic acids is 1. The zero-order valence-corrected chi connectivity index (χ0v) is 9.80. The number of benzene rings is 1. The van der Waals surface area contributed by atoms with Crippen LogP contribution >= 0.6 is 0 Å². The van der Waals surface area contributed by atoms with Gasteiger partial charge in [0.15, 0.2) is 0 Å². The summed E-state index contributed by atoms with van der Waals surface area (Å²) in [6.07, 6.45) is -0.965. The van der Waals surface area contributed by atoms with Crippen molar-refractivity contribution in [2.24, 2.45) is 0 Å². The van der Waals surface area contributed by atoms with Crippen LogP contribution in [0, 0.1) is 0 Å². The maximum absolute atomic E-state index is 11.5. The molecular weight excluding hydrogens is 206 g/mol. The summed E-state index contributed by atoms with van der Waals surface area (Å²) in [5.74, 6) is 0.448. The lowest BCUT2D eigenvalue weighted by atomic mass is 10.1. The Morgan fingerprint density at radius 2 is 2.25 bits per heavy atom. The minimum absolute atomic E-state index is 0.398. The van der Waals surface area contributed by atoms with Crippen molar-refractivity contribution in [2.45, 2.75) is 20.0 Å². The van der Waals surface area contributed by atoms with Crippen LogP contribution in [0.2, 0.25) is 0 Å². The lowest BCUT2D eigenvalue weighted by Crippen LogP contribution is -2.29. The first-order valence-electron chi connectivity index (χ1n) is 5.25. The predicted octanol–water partition coefficient (Wildman–Crippen LogP) is 2.19. The molecule has 0 unspecified atom stereocenters. The molecule has 0 bridgehead atoms. The summed E-state index contributed by atoms with van der Waals surface area (Å²) in [5.41, 5.74) is 0.726. The lowest BCUT2D eigenvalue weighted by Gasteiger charge is -2.14.